The Morgan fingerprint density at radius 2 is 1.92 bits per heavy atom. The van der Waals surface area contributed by atoms with Crippen molar-refractivity contribution in [1.29, 1.82) is 0 Å². The van der Waals surface area contributed by atoms with Crippen molar-refractivity contribution in [3.8, 4) is 17.2 Å². The molecule has 0 aliphatic heterocycles. The molecule has 1 aromatic carbocycles. The highest BCUT2D eigenvalue weighted by Gasteiger charge is 2.29. The second-order valence-electron chi connectivity index (χ2n) is 6.25. The molecule has 7 nitrogen and oxygen atoms in total. The SMILES string of the molecule is CCS(=O)(=O)Nc1ccc(-c2nc(C3CC3)nn2-c2ccccn2)cc1. The van der Waals surface area contributed by atoms with E-state index in [-0.39, 0.29) is 5.75 Å². The van der Waals surface area contributed by atoms with Crippen molar-refractivity contribution in [2.75, 3.05) is 10.5 Å². The number of aromatic nitrogens is 4. The molecule has 0 saturated heterocycles. The Morgan fingerprint density at radius 1 is 1.15 bits per heavy atom. The van der Waals surface area contributed by atoms with Crippen molar-refractivity contribution in [3.63, 3.8) is 0 Å². The Balaban J connectivity index is 1.71. The van der Waals surface area contributed by atoms with Gasteiger partial charge in [0.15, 0.2) is 17.5 Å². The molecule has 4 rings (SSSR count). The maximum Gasteiger partial charge on any atom is 0.232 e. The summed E-state index contributed by atoms with van der Waals surface area (Å²) in [6, 6.07) is 12.8. The number of hydrogen-bond donors (Lipinski definition) is 1. The van der Waals surface area contributed by atoms with Crippen LogP contribution in [0.1, 0.15) is 31.5 Å². The molecule has 1 saturated carbocycles. The lowest BCUT2D eigenvalue weighted by atomic mass is 10.2. The smallest absolute Gasteiger partial charge is 0.232 e. The number of nitrogens with one attached hydrogen (secondary N) is 1. The predicted octanol–water partition coefficient (Wildman–Crippen LogP) is 2.97. The first-order chi connectivity index (χ1) is 12.6. The summed E-state index contributed by atoms with van der Waals surface area (Å²) in [5.74, 6) is 2.71. The zero-order valence-corrected chi connectivity index (χ0v) is 15.1. The van der Waals surface area contributed by atoms with Crippen LogP contribution in [-0.4, -0.2) is 33.9 Å². The van der Waals surface area contributed by atoms with E-state index in [0.29, 0.717) is 23.2 Å². The van der Waals surface area contributed by atoms with E-state index in [4.69, 9.17) is 4.98 Å². The first kappa shape index (κ1) is 16.7. The molecule has 26 heavy (non-hydrogen) atoms. The Hall–Kier alpha value is -2.74. The highest BCUT2D eigenvalue weighted by Crippen LogP contribution is 2.39. The number of nitrogens with zero attached hydrogens (tertiary/aromatic N) is 4. The molecule has 0 bridgehead atoms. The molecule has 0 unspecified atom stereocenters. The van der Waals surface area contributed by atoms with Crippen molar-refractivity contribution >= 4 is 15.7 Å². The lowest BCUT2D eigenvalue weighted by Crippen LogP contribution is -2.14. The summed E-state index contributed by atoms with van der Waals surface area (Å²) in [7, 11) is -3.29. The minimum atomic E-state index is -3.29. The van der Waals surface area contributed by atoms with Gasteiger partial charge in [-0.15, -0.1) is 5.10 Å². The average Bonchev–Trinajstić information content (AvgIpc) is 3.42. The van der Waals surface area contributed by atoms with Crippen LogP contribution in [0, 0.1) is 0 Å². The van der Waals surface area contributed by atoms with E-state index in [1.807, 2.05) is 30.3 Å². The molecule has 0 amide bonds. The van der Waals surface area contributed by atoms with E-state index in [0.717, 1.165) is 24.2 Å². The fraction of sp³-hybridized carbons (Fsp3) is 0.278. The van der Waals surface area contributed by atoms with E-state index in [2.05, 4.69) is 14.8 Å². The Labute approximate surface area is 152 Å². The van der Waals surface area contributed by atoms with Crippen molar-refractivity contribution in [2.45, 2.75) is 25.7 Å². The van der Waals surface area contributed by atoms with Crippen LogP contribution in [0.15, 0.2) is 48.7 Å². The third kappa shape index (κ3) is 3.45. The van der Waals surface area contributed by atoms with E-state index in [1.54, 1.807) is 29.9 Å². The minimum absolute atomic E-state index is 0.0352. The number of rotatable bonds is 6. The summed E-state index contributed by atoms with van der Waals surface area (Å²) >= 11 is 0. The molecule has 1 aliphatic rings. The standard InChI is InChI=1S/C18H19N5O2S/c1-2-26(24,25)22-15-10-8-14(9-11-15)18-20-17(13-6-7-13)21-23(18)16-5-3-4-12-19-16/h3-5,8-13,22H,2,6-7H2,1H3. The van der Waals surface area contributed by atoms with Gasteiger partial charge in [-0.05, 0) is 56.2 Å². The molecule has 1 N–H and O–H groups in total. The van der Waals surface area contributed by atoms with Gasteiger partial charge < -0.3 is 0 Å². The van der Waals surface area contributed by atoms with Crippen LogP contribution >= 0.6 is 0 Å². The summed E-state index contributed by atoms with van der Waals surface area (Å²) in [6.45, 7) is 1.60. The molecule has 8 heteroatoms. The Bertz CT molecular complexity index is 1010. The van der Waals surface area contributed by atoms with E-state index < -0.39 is 10.0 Å². The fourth-order valence-electron chi connectivity index (χ4n) is 2.61. The van der Waals surface area contributed by atoms with Gasteiger partial charge in [0.2, 0.25) is 10.0 Å². The summed E-state index contributed by atoms with van der Waals surface area (Å²) < 4.78 is 27.7. The van der Waals surface area contributed by atoms with Crippen molar-refractivity contribution in [3.05, 3.63) is 54.5 Å². The number of hydrogen-bond acceptors (Lipinski definition) is 5. The monoisotopic (exact) mass is 369 g/mol. The zero-order valence-electron chi connectivity index (χ0n) is 14.3. The number of sulfonamides is 1. The van der Waals surface area contributed by atoms with Gasteiger partial charge in [0.05, 0.1) is 5.75 Å². The van der Waals surface area contributed by atoms with Crippen LogP contribution in [0.25, 0.3) is 17.2 Å². The summed E-state index contributed by atoms with van der Waals surface area (Å²) in [6.07, 6.45) is 3.95. The lowest BCUT2D eigenvalue weighted by molar-refractivity contribution is 0.602. The fourth-order valence-corrected chi connectivity index (χ4v) is 3.25. The lowest BCUT2D eigenvalue weighted by Gasteiger charge is -2.08. The number of pyridine rings is 1. The van der Waals surface area contributed by atoms with Crippen LogP contribution < -0.4 is 4.72 Å². The van der Waals surface area contributed by atoms with E-state index in [1.165, 1.54) is 0 Å². The number of benzene rings is 1. The molecule has 1 fully saturated rings. The highest BCUT2D eigenvalue weighted by molar-refractivity contribution is 7.92. The first-order valence-corrected chi connectivity index (χ1v) is 10.2. The second kappa shape index (κ2) is 6.53. The molecule has 0 spiro atoms. The Kier molecular flexibility index (Phi) is 4.20. The van der Waals surface area contributed by atoms with Gasteiger partial charge >= 0.3 is 0 Å². The topological polar surface area (TPSA) is 89.8 Å². The van der Waals surface area contributed by atoms with E-state index >= 15 is 0 Å². The average molecular weight is 369 g/mol. The van der Waals surface area contributed by atoms with Crippen LogP contribution in [0.2, 0.25) is 0 Å². The normalized spacial score (nSPS) is 14.3. The van der Waals surface area contributed by atoms with Gasteiger partial charge in [0.25, 0.3) is 0 Å². The summed E-state index contributed by atoms with van der Waals surface area (Å²) in [5.41, 5.74) is 1.39. The van der Waals surface area contributed by atoms with Gasteiger partial charge in [0.1, 0.15) is 0 Å². The molecule has 0 atom stereocenters. The van der Waals surface area contributed by atoms with E-state index in [9.17, 15) is 8.42 Å². The van der Waals surface area contributed by atoms with Gasteiger partial charge in [-0.1, -0.05) is 6.07 Å². The minimum Gasteiger partial charge on any atom is -0.284 e. The first-order valence-electron chi connectivity index (χ1n) is 8.55. The molecule has 3 aromatic rings. The van der Waals surface area contributed by atoms with Gasteiger partial charge in [-0.25, -0.2) is 18.4 Å². The number of anilines is 1. The maximum absolute atomic E-state index is 11.7. The molecule has 1 aliphatic carbocycles. The molecule has 2 heterocycles. The highest BCUT2D eigenvalue weighted by atomic mass is 32.2. The predicted molar refractivity (Wildman–Crippen MR) is 99.6 cm³/mol. The molecular formula is C18H19N5O2S. The van der Waals surface area contributed by atoms with Crippen LogP contribution in [0.4, 0.5) is 5.69 Å². The van der Waals surface area contributed by atoms with Gasteiger partial charge in [-0.3, -0.25) is 4.72 Å². The second-order valence-corrected chi connectivity index (χ2v) is 8.26. The molecule has 2 aromatic heterocycles. The quantitative estimate of drug-likeness (QED) is 0.721. The van der Waals surface area contributed by atoms with Gasteiger partial charge in [0, 0.05) is 23.4 Å². The van der Waals surface area contributed by atoms with Crippen LogP contribution in [0.5, 0.6) is 0 Å². The third-order valence-electron chi connectivity index (χ3n) is 4.23. The van der Waals surface area contributed by atoms with Gasteiger partial charge in [-0.2, -0.15) is 4.68 Å². The summed E-state index contributed by atoms with van der Waals surface area (Å²) in [4.78, 5) is 9.09. The molecule has 0 radical (unpaired) electrons. The van der Waals surface area contributed by atoms with Crippen LogP contribution in [0.3, 0.4) is 0 Å². The molecular weight excluding hydrogens is 350 g/mol. The summed E-state index contributed by atoms with van der Waals surface area (Å²) in [5, 5.41) is 4.65. The third-order valence-corrected chi connectivity index (χ3v) is 5.54. The zero-order chi connectivity index (χ0) is 18.1. The van der Waals surface area contributed by atoms with Crippen molar-refractivity contribution < 1.29 is 8.42 Å². The molecule has 134 valence electrons. The van der Waals surface area contributed by atoms with Crippen molar-refractivity contribution in [2.24, 2.45) is 0 Å². The largest absolute Gasteiger partial charge is 0.284 e. The van der Waals surface area contributed by atoms with Crippen LogP contribution in [-0.2, 0) is 10.0 Å². The van der Waals surface area contributed by atoms with Crippen molar-refractivity contribution in [1.82, 2.24) is 19.7 Å². The Morgan fingerprint density at radius 3 is 2.54 bits per heavy atom. The maximum atomic E-state index is 11.7.